The van der Waals surface area contributed by atoms with Crippen molar-refractivity contribution in [3.63, 3.8) is 0 Å². The summed E-state index contributed by atoms with van der Waals surface area (Å²) in [5.74, 6) is 3.25. The molecular formula is C22H29N3O3. The van der Waals surface area contributed by atoms with Gasteiger partial charge in [0.2, 0.25) is 0 Å². The molecule has 0 aromatic heterocycles. The van der Waals surface area contributed by atoms with Gasteiger partial charge in [-0.15, -0.1) is 0 Å². The van der Waals surface area contributed by atoms with Crippen LogP contribution in [0.1, 0.15) is 30.0 Å². The molecule has 2 aromatic rings. The van der Waals surface area contributed by atoms with Gasteiger partial charge in [-0.2, -0.15) is 0 Å². The molecular weight excluding hydrogens is 354 g/mol. The lowest BCUT2D eigenvalue weighted by Crippen LogP contribution is -2.36. The first-order valence-corrected chi connectivity index (χ1v) is 9.75. The Morgan fingerprint density at radius 1 is 1.07 bits per heavy atom. The molecule has 0 radical (unpaired) electrons. The minimum atomic E-state index is 0.596. The van der Waals surface area contributed by atoms with Crippen molar-refractivity contribution in [3.8, 4) is 17.2 Å². The Morgan fingerprint density at radius 3 is 2.64 bits per heavy atom. The normalized spacial score (nSPS) is 13.6. The van der Waals surface area contributed by atoms with E-state index in [0.717, 1.165) is 40.8 Å². The van der Waals surface area contributed by atoms with Gasteiger partial charge in [0.05, 0.1) is 19.8 Å². The van der Waals surface area contributed by atoms with E-state index in [1.807, 2.05) is 25.1 Å². The molecule has 6 nitrogen and oxygen atoms in total. The number of nitrogens with one attached hydrogen (secondary N) is 2. The molecule has 1 aliphatic rings. The summed E-state index contributed by atoms with van der Waals surface area (Å²) in [5.41, 5.74) is 3.33. The van der Waals surface area contributed by atoms with Gasteiger partial charge in [0.15, 0.2) is 17.5 Å². The summed E-state index contributed by atoms with van der Waals surface area (Å²) < 4.78 is 17.4. The van der Waals surface area contributed by atoms with E-state index in [1.165, 1.54) is 5.56 Å². The number of hydrogen-bond donors (Lipinski definition) is 2. The zero-order chi connectivity index (χ0) is 19.8. The number of para-hydroxylation sites is 1. The van der Waals surface area contributed by atoms with Crippen LogP contribution >= 0.6 is 0 Å². The van der Waals surface area contributed by atoms with Crippen LogP contribution < -0.4 is 24.8 Å². The van der Waals surface area contributed by atoms with Crippen LogP contribution in [0.3, 0.4) is 0 Å². The highest BCUT2D eigenvalue weighted by Gasteiger charge is 2.14. The highest BCUT2D eigenvalue weighted by atomic mass is 16.5. The summed E-state index contributed by atoms with van der Waals surface area (Å²) >= 11 is 0. The van der Waals surface area contributed by atoms with Crippen molar-refractivity contribution in [2.75, 3.05) is 26.9 Å². The number of ether oxygens (including phenoxy) is 3. The zero-order valence-electron chi connectivity index (χ0n) is 16.9. The van der Waals surface area contributed by atoms with Gasteiger partial charge >= 0.3 is 0 Å². The Balaban J connectivity index is 1.62. The topological polar surface area (TPSA) is 64.1 Å². The molecule has 0 amide bonds. The zero-order valence-corrected chi connectivity index (χ0v) is 16.9. The number of guanidine groups is 1. The second-order valence-corrected chi connectivity index (χ2v) is 6.62. The van der Waals surface area contributed by atoms with Crippen LogP contribution in [0, 0.1) is 6.92 Å². The van der Waals surface area contributed by atoms with Gasteiger partial charge in [-0.1, -0.05) is 24.3 Å². The second-order valence-electron chi connectivity index (χ2n) is 6.62. The summed E-state index contributed by atoms with van der Waals surface area (Å²) in [5, 5.41) is 6.71. The lowest BCUT2D eigenvalue weighted by molar-refractivity contribution is 0.296. The molecule has 2 aromatic carbocycles. The van der Waals surface area contributed by atoms with E-state index < -0.39 is 0 Å². The standard InChI is InChI=1S/C22H29N3O3/c1-4-26-20-13-16(2)9-10-17(20)14-24-22(23-3)25-15-18-7-5-8-19-21(18)28-12-6-11-27-19/h5,7-10,13H,4,6,11-12,14-15H2,1-3H3,(H2,23,24,25). The quantitative estimate of drug-likeness (QED) is 0.591. The molecule has 0 saturated heterocycles. The number of benzene rings is 2. The van der Waals surface area contributed by atoms with Gasteiger partial charge in [-0.3, -0.25) is 4.99 Å². The van der Waals surface area contributed by atoms with E-state index in [-0.39, 0.29) is 0 Å². The minimum Gasteiger partial charge on any atom is -0.494 e. The van der Waals surface area contributed by atoms with E-state index in [4.69, 9.17) is 14.2 Å². The van der Waals surface area contributed by atoms with Crippen molar-refractivity contribution >= 4 is 5.96 Å². The van der Waals surface area contributed by atoms with Crippen LogP contribution in [-0.4, -0.2) is 32.8 Å². The van der Waals surface area contributed by atoms with Gasteiger partial charge < -0.3 is 24.8 Å². The SMILES string of the molecule is CCOc1cc(C)ccc1CNC(=NC)NCc1cccc2c1OCCCO2. The summed E-state index contributed by atoms with van der Waals surface area (Å²) in [4.78, 5) is 4.32. The van der Waals surface area contributed by atoms with Gasteiger partial charge in [-0.25, -0.2) is 0 Å². The lowest BCUT2D eigenvalue weighted by atomic mass is 10.1. The number of hydrogen-bond acceptors (Lipinski definition) is 4. The Bertz CT molecular complexity index is 821. The van der Waals surface area contributed by atoms with E-state index in [9.17, 15) is 0 Å². The Hall–Kier alpha value is -2.89. The molecule has 2 N–H and O–H groups in total. The molecule has 0 aliphatic carbocycles. The van der Waals surface area contributed by atoms with Crippen LogP contribution in [0.15, 0.2) is 41.4 Å². The molecule has 0 atom stereocenters. The second kappa shape index (κ2) is 9.88. The van der Waals surface area contributed by atoms with Crippen LogP contribution in [0.4, 0.5) is 0 Å². The predicted octanol–water partition coefficient (Wildman–Crippen LogP) is 3.42. The van der Waals surface area contributed by atoms with Crippen molar-refractivity contribution in [3.05, 3.63) is 53.1 Å². The number of nitrogens with zero attached hydrogens (tertiary/aromatic N) is 1. The highest BCUT2D eigenvalue weighted by Crippen LogP contribution is 2.33. The van der Waals surface area contributed by atoms with E-state index in [2.05, 4.69) is 40.7 Å². The molecule has 150 valence electrons. The van der Waals surface area contributed by atoms with Crippen molar-refractivity contribution in [2.24, 2.45) is 4.99 Å². The monoisotopic (exact) mass is 383 g/mol. The summed E-state index contributed by atoms with van der Waals surface area (Å²) in [7, 11) is 1.76. The minimum absolute atomic E-state index is 0.596. The van der Waals surface area contributed by atoms with Gasteiger partial charge in [0.1, 0.15) is 5.75 Å². The van der Waals surface area contributed by atoms with Crippen LogP contribution in [0.25, 0.3) is 0 Å². The Kier molecular flexibility index (Phi) is 7.00. The van der Waals surface area contributed by atoms with E-state index in [0.29, 0.717) is 32.9 Å². The van der Waals surface area contributed by atoms with Crippen molar-refractivity contribution in [2.45, 2.75) is 33.4 Å². The van der Waals surface area contributed by atoms with Gasteiger partial charge in [0, 0.05) is 37.7 Å². The lowest BCUT2D eigenvalue weighted by Gasteiger charge is -2.16. The average molecular weight is 383 g/mol. The van der Waals surface area contributed by atoms with Crippen molar-refractivity contribution in [1.29, 1.82) is 0 Å². The molecule has 1 aliphatic heterocycles. The molecule has 6 heteroatoms. The number of aryl methyl sites for hydroxylation is 1. The third-order valence-corrected chi connectivity index (χ3v) is 4.49. The fourth-order valence-corrected chi connectivity index (χ4v) is 3.07. The molecule has 28 heavy (non-hydrogen) atoms. The third kappa shape index (κ3) is 5.09. The number of aliphatic imine (C=N–C) groups is 1. The van der Waals surface area contributed by atoms with Gasteiger partial charge in [-0.05, 0) is 31.5 Å². The highest BCUT2D eigenvalue weighted by molar-refractivity contribution is 5.79. The fraction of sp³-hybridized carbons (Fsp3) is 0.409. The maximum atomic E-state index is 5.89. The summed E-state index contributed by atoms with van der Waals surface area (Å²) in [6, 6.07) is 12.2. The first-order chi connectivity index (χ1) is 13.7. The smallest absolute Gasteiger partial charge is 0.191 e. The molecule has 0 saturated carbocycles. The summed E-state index contributed by atoms with van der Waals surface area (Å²) in [6.45, 7) is 7.28. The molecule has 0 bridgehead atoms. The predicted molar refractivity (Wildman–Crippen MR) is 111 cm³/mol. The molecule has 0 fully saturated rings. The average Bonchev–Trinajstić information content (AvgIpc) is 2.95. The maximum Gasteiger partial charge on any atom is 0.191 e. The first kappa shape index (κ1) is 19.9. The molecule has 1 heterocycles. The number of fused-ring (bicyclic) bond motifs is 1. The molecule has 0 unspecified atom stereocenters. The molecule has 0 spiro atoms. The fourth-order valence-electron chi connectivity index (χ4n) is 3.07. The summed E-state index contributed by atoms with van der Waals surface area (Å²) in [6.07, 6.45) is 0.892. The van der Waals surface area contributed by atoms with E-state index >= 15 is 0 Å². The van der Waals surface area contributed by atoms with Crippen LogP contribution in [-0.2, 0) is 13.1 Å². The first-order valence-electron chi connectivity index (χ1n) is 9.75. The maximum absolute atomic E-state index is 5.89. The van der Waals surface area contributed by atoms with Gasteiger partial charge in [0.25, 0.3) is 0 Å². The van der Waals surface area contributed by atoms with Crippen molar-refractivity contribution < 1.29 is 14.2 Å². The van der Waals surface area contributed by atoms with Crippen LogP contribution in [0.2, 0.25) is 0 Å². The Morgan fingerprint density at radius 2 is 1.86 bits per heavy atom. The largest absolute Gasteiger partial charge is 0.494 e. The Labute approximate surface area is 166 Å². The van der Waals surface area contributed by atoms with E-state index in [1.54, 1.807) is 7.05 Å². The number of rotatable bonds is 6. The molecule has 3 rings (SSSR count). The van der Waals surface area contributed by atoms with Crippen LogP contribution in [0.5, 0.6) is 17.2 Å². The van der Waals surface area contributed by atoms with Crippen molar-refractivity contribution in [1.82, 2.24) is 10.6 Å². The third-order valence-electron chi connectivity index (χ3n) is 4.49.